The lowest BCUT2D eigenvalue weighted by molar-refractivity contribution is 0.0996. The summed E-state index contributed by atoms with van der Waals surface area (Å²) >= 11 is 0. The van der Waals surface area contributed by atoms with Crippen LogP contribution in [0.5, 0.6) is 11.8 Å². The molecule has 30 heavy (non-hydrogen) atoms. The van der Waals surface area contributed by atoms with Crippen molar-refractivity contribution in [3.63, 3.8) is 0 Å². The third kappa shape index (κ3) is 4.54. The van der Waals surface area contributed by atoms with Gasteiger partial charge in [-0.25, -0.2) is 17.9 Å². The summed E-state index contributed by atoms with van der Waals surface area (Å²) in [6, 6.07) is 1.13. The van der Waals surface area contributed by atoms with Crippen LogP contribution in [0.2, 0.25) is 0 Å². The van der Waals surface area contributed by atoms with Crippen molar-refractivity contribution in [3.05, 3.63) is 28.8 Å². The van der Waals surface area contributed by atoms with Gasteiger partial charge in [-0.3, -0.25) is 14.9 Å². The molecule has 2 aromatic rings. The number of methoxy groups -OCH3 is 2. The van der Waals surface area contributed by atoms with E-state index in [0.717, 1.165) is 6.07 Å². The minimum Gasteiger partial charge on any atom is -0.481 e. The van der Waals surface area contributed by atoms with Crippen molar-refractivity contribution < 1.29 is 32.3 Å². The van der Waals surface area contributed by atoms with Crippen LogP contribution in [0.4, 0.5) is 16.4 Å². The Kier molecular flexibility index (Phi) is 6.41. The zero-order valence-corrected chi connectivity index (χ0v) is 16.9. The van der Waals surface area contributed by atoms with Crippen molar-refractivity contribution in [1.82, 2.24) is 14.7 Å². The van der Waals surface area contributed by atoms with E-state index < -0.39 is 38.1 Å². The van der Waals surface area contributed by atoms with Gasteiger partial charge in [-0.1, -0.05) is 0 Å². The van der Waals surface area contributed by atoms with Gasteiger partial charge in [0.2, 0.25) is 23.6 Å². The molecule has 0 atom stereocenters. The minimum atomic E-state index is -4.73. The molecule has 0 fully saturated rings. The van der Waals surface area contributed by atoms with Crippen LogP contribution in [-0.4, -0.2) is 50.8 Å². The van der Waals surface area contributed by atoms with Gasteiger partial charge >= 0.3 is 6.03 Å². The molecule has 14 heteroatoms. The fourth-order valence-corrected chi connectivity index (χ4v) is 3.68. The van der Waals surface area contributed by atoms with E-state index in [-0.39, 0.29) is 28.8 Å². The fraction of sp³-hybridized carbons (Fsp3) is 0.188. The highest BCUT2D eigenvalue weighted by Gasteiger charge is 2.29. The molecular weight excluding hydrogens is 420 g/mol. The number of nitrogens with two attached hydrogens (primary N) is 2. The number of ether oxygens (including phenoxy) is 2. The number of nitrogens with one attached hydrogen (secondary N) is 2. The van der Waals surface area contributed by atoms with E-state index in [4.69, 9.17) is 20.9 Å². The Bertz CT molecular complexity index is 1110. The molecule has 0 spiro atoms. The lowest BCUT2D eigenvalue weighted by atomic mass is 10.0. The number of aldehydes is 1. The highest BCUT2D eigenvalue weighted by molar-refractivity contribution is 7.90. The smallest absolute Gasteiger partial charge is 0.335 e. The summed E-state index contributed by atoms with van der Waals surface area (Å²) in [6.07, 6.45) is 0.324. The van der Waals surface area contributed by atoms with Gasteiger partial charge in [-0.2, -0.15) is 9.97 Å². The predicted molar refractivity (Wildman–Crippen MR) is 104 cm³/mol. The monoisotopic (exact) mass is 438 g/mol. The SMILES string of the molecule is COc1cc(OC)nc(NC(=O)NS(=O)(=O)c2c(C(N)=O)cc(C)c(C=O)c2N)n1. The number of nitrogens with zero attached hydrogens (tertiary/aromatic N) is 2. The Balaban J connectivity index is 2.43. The number of aromatic nitrogens is 2. The molecule has 0 bridgehead atoms. The molecule has 1 heterocycles. The van der Waals surface area contributed by atoms with E-state index in [1.165, 1.54) is 27.2 Å². The second kappa shape index (κ2) is 8.60. The molecule has 6 N–H and O–H groups in total. The van der Waals surface area contributed by atoms with Crippen LogP contribution in [0.3, 0.4) is 0 Å². The Labute approximate surface area is 170 Å². The third-order valence-corrected chi connectivity index (χ3v) is 5.20. The Morgan fingerprint density at radius 3 is 2.17 bits per heavy atom. The molecule has 160 valence electrons. The Morgan fingerprint density at radius 1 is 1.13 bits per heavy atom. The van der Waals surface area contributed by atoms with Crippen LogP contribution in [0.25, 0.3) is 0 Å². The zero-order valence-electron chi connectivity index (χ0n) is 16.0. The first kappa shape index (κ1) is 22.4. The number of amides is 3. The first-order valence-electron chi connectivity index (χ1n) is 8.03. The summed E-state index contributed by atoms with van der Waals surface area (Å²) in [5.41, 5.74) is 10.1. The van der Waals surface area contributed by atoms with Gasteiger partial charge in [0.1, 0.15) is 4.90 Å². The average Bonchev–Trinajstić information content (AvgIpc) is 2.66. The quantitative estimate of drug-likeness (QED) is 0.331. The Morgan fingerprint density at radius 2 is 1.70 bits per heavy atom. The summed E-state index contributed by atoms with van der Waals surface area (Å²) in [5, 5.41) is 2.09. The van der Waals surface area contributed by atoms with Crippen molar-refractivity contribution in [2.75, 3.05) is 25.3 Å². The number of anilines is 2. The number of carbonyl (C=O) groups is 3. The van der Waals surface area contributed by atoms with Crippen molar-refractivity contribution in [3.8, 4) is 11.8 Å². The fourth-order valence-electron chi connectivity index (χ4n) is 2.44. The normalized spacial score (nSPS) is 10.8. The number of hydrogen-bond donors (Lipinski definition) is 4. The largest absolute Gasteiger partial charge is 0.481 e. The van der Waals surface area contributed by atoms with Gasteiger partial charge in [0.05, 0.1) is 31.5 Å². The van der Waals surface area contributed by atoms with Gasteiger partial charge in [0.25, 0.3) is 10.0 Å². The van der Waals surface area contributed by atoms with Crippen LogP contribution in [0.15, 0.2) is 17.0 Å². The Hall–Kier alpha value is -3.94. The lowest BCUT2D eigenvalue weighted by Gasteiger charge is -2.15. The van der Waals surface area contributed by atoms with Gasteiger partial charge < -0.3 is 20.9 Å². The molecule has 0 saturated heterocycles. The second-order valence-electron chi connectivity index (χ2n) is 5.72. The van der Waals surface area contributed by atoms with E-state index >= 15 is 0 Å². The number of hydrogen-bond acceptors (Lipinski definition) is 10. The molecule has 0 aliphatic carbocycles. The molecule has 0 aliphatic rings. The summed E-state index contributed by atoms with van der Waals surface area (Å²) in [4.78, 5) is 42.1. The number of aryl methyl sites for hydroxylation is 1. The van der Waals surface area contributed by atoms with Crippen LogP contribution < -0.4 is 31.0 Å². The molecular formula is C16H18N6O7S. The maximum absolute atomic E-state index is 12.7. The van der Waals surface area contributed by atoms with Crippen molar-refractivity contribution >= 4 is 39.9 Å². The van der Waals surface area contributed by atoms with Crippen molar-refractivity contribution in [2.45, 2.75) is 11.8 Å². The molecule has 1 aromatic heterocycles. The van der Waals surface area contributed by atoms with E-state index in [9.17, 15) is 22.8 Å². The van der Waals surface area contributed by atoms with E-state index in [2.05, 4.69) is 15.3 Å². The third-order valence-electron chi connectivity index (χ3n) is 3.77. The number of carbonyl (C=O) groups excluding carboxylic acids is 3. The molecule has 13 nitrogen and oxygen atoms in total. The molecule has 0 radical (unpaired) electrons. The van der Waals surface area contributed by atoms with Crippen molar-refractivity contribution in [1.29, 1.82) is 0 Å². The van der Waals surface area contributed by atoms with E-state index in [0.29, 0.717) is 6.29 Å². The van der Waals surface area contributed by atoms with Gasteiger partial charge in [-0.15, -0.1) is 0 Å². The summed E-state index contributed by atoms with van der Waals surface area (Å²) < 4.78 is 37.0. The molecule has 1 aromatic carbocycles. The summed E-state index contributed by atoms with van der Waals surface area (Å²) in [5.74, 6) is -1.38. The first-order valence-corrected chi connectivity index (χ1v) is 9.51. The number of nitrogen functional groups attached to an aromatic ring is 1. The minimum absolute atomic E-state index is 0.0365. The zero-order chi connectivity index (χ0) is 22.6. The van der Waals surface area contributed by atoms with Gasteiger partial charge in [0.15, 0.2) is 6.29 Å². The maximum atomic E-state index is 12.7. The predicted octanol–water partition coefficient (Wildman–Crippen LogP) is -0.194. The van der Waals surface area contributed by atoms with Crippen LogP contribution in [-0.2, 0) is 10.0 Å². The molecule has 0 aliphatic heterocycles. The standard InChI is InChI=1S/C16H18N6O7S/c1-7-4-8(14(18)24)13(12(17)9(7)6-23)30(26,27)22-16(25)21-15-19-10(28-2)5-11(20-15)29-3/h4-6H,17H2,1-3H3,(H2,18,24)(H2,19,20,21,22,25). The number of primary amides is 1. The summed E-state index contributed by atoms with van der Waals surface area (Å²) in [7, 11) is -2.11. The average molecular weight is 438 g/mol. The van der Waals surface area contributed by atoms with Gasteiger partial charge in [-0.05, 0) is 18.6 Å². The molecule has 2 rings (SSSR count). The topological polar surface area (TPSA) is 206 Å². The van der Waals surface area contributed by atoms with Crippen LogP contribution >= 0.6 is 0 Å². The molecule has 3 amide bonds. The highest BCUT2D eigenvalue weighted by atomic mass is 32.2. The first-order chi connectivity index (χ1) is 14.0. The highest BCUT2D eigenvalue weighted by Crippen LogP contribution is 2.28. The summed E-state index contributed by atoms with van der Waals surface area (Å²) in [6.45, 7) is 1.44. The lowest BCUT2D eigenvalue weighted by Crippen LogP contribution is -2.36. The van der Waals surface area contributed by atoms with Crippen LogP contribution in [0, 0.1) is 6.92 Å². The van der Waals surface area contributed by atoms with Crippen molar-refractivity contribution in [2.24, 2.45) is 5.73 Å². The van der Waals surface area contributed by atoms with Gasteiger partial charge in [0, 0.05) is 5.56 Å². The van der Waals surface area contributed by atoms with E-state index in [1.807, 2.05) is 0 Å². The number of urea groups is 1. The number of benzene rings is 1. The van der Waals surface area contributed by atoms with Crippen LogP contribution in [0.1, 0.15) is 26.3 Å². The second-order valence-corrected chi connectivity index (χ2v) is 7.33. The van der Waals surface area contributed by atoms with E-state index in [1.54, 1.807) is 4.72 Å². The number of rotatable bonds is 7. The molecule has 0 unspecified atom stereocenters. The number of sulfonamides is 1. The maximum Gasteiger partial charge on any atom is 0.335 e. The molecule has 0 saturated carbocycles.